The van der Waals surface area contributed by atoms with Crippen LogP contribution < -0.4 is 5.32 Å². The van der Waals surface area contributed by atoms with Crippen molar-refractivity contribution in [1.29, 1.82) is 0 Å². The summed E-state index contributed by atoms with van der Waals surface area (Å²) >= 11 is 0. The molecular weight excluding hydrogens is 196 g/mol. The van der Waals surface area contributed by atoms with Gasteiger partial charge in [-0.15, -0.1) is 0 Å². The number of rotatable bonds is 1. The Kier molecular flexibility index (Phi) is 3.57. The van der Waals surface area contributed by atoms with Crippen LogP contribution in [0.5, 0.6) is 0 Å². The van der Waals surface area contributed by atoms with Crippen LogP contribution in [0.25, 0.3) is 0 Å². The van der Waals surface area contributed by atoms with Crippen LogP contribution in [0.1, 0.15) is 20.8 Å². The fraction of sp³-hybridized carbons (Fsp3) is 0.700. The molecule has 0 atom stereocenters. The molecule has 0 spiro atoms. The summed E-state index contributed by atoms with van der Waals surface area (Å²) in [6.45, 7) is 6.45. The smallest absolute Gasteiger partial charge is 0.414 e. The van der Waals surface area contributed by atoms with Crippen molar-refractivity contribution in [3.63, 3.8) is 0 Å². The number of ether oxygens (including phenoxy) is 1. The third kappa shape index (κ3) is 3.43. The molecule has 0 aromatic carbocycles. The first-order valence-electron chi connectivity index (χ1n) is 4.98. The summed E-state index contributed by atoms with van der Waals surface area (Å²) in [5.74, 6) is 0. The van der Waals surface area contributed by atoms with Crippen LogP contribution in [0.15, 0.2) is 11.9 Å². The van der Waals surface area contributed by atoms with Gasteiger partial charge in [0.05, 0.1) is 12.3 Å². The summed E-state index contributed by atoms with van der Waals surface area (Å²) in [5, 5.41) is 12.0. The van der Waals surface area contributed by atoms with Crippen molar-refractivity contribution in [1.82, 2.24) is 10.2 Å². The number of carbonyl (C=O) groups excluding carboxylic acids is 1. The van der Waals surface area contributed by atoms with Gasteiger partial charge >= 0.3 is 6.09 Å². The molecular formula is C10H18N2O3. The topological polar surface area (TPSA) is 61.8 Å². The molecule has 1 aliphatic rings. The van der Waals surface area contributed by atoms with E-state index in [0.29, 0.717) is 18.8 Å². The van der Waals surface area contributed by atoms with Gasteiger partial charge in [0.1, 0.15) is 5.60 Å². The van der Waals surface area contributed by atoms with Gasteiger partial charge in [0.25, 0.3) is 0 Å². The number of carbonyl (C=O) groups is 1. The summed E-state index contributed by atoms with van der Waals surface area (Å²) in [4.78, 5) is 13.2. The van der Waals surface area contributed by atoms with Crippen molar-refractivity contribution in [2.24, 2.45) is 0 Å². The number of aliphatic hydroxyl groups is 1. The standard InChI is InChI=1S/C10H18N2O3/c1-10(2,3)15-9(14)12-5-4-11-6-8(12)7-13/h6,11,13H,4-5,7H2,1-3H3. The van der Waals surface area contributed by atoms with E-state index in [2.05, 4.69) is 5.32 Å². The van der Waals surface area contributed by atoms with E-state index >= 15 is 0 Å². The van der Waals surface area contributed by atoms with Gasteiger partial charge in [-0.05, 0) is 20.8 Å². The second kappa shape index (κ2) is 4.53. The van der Waals surface area contributed by atoms with Crippen molar-refractivity contribution in [3.8, 4) is 0 Å². The minimum Gasteiger partial charge on any atom is -0.443 e. The highest BCUT2D eigenvalue weighted by molar-refractivity contribution is 5.70. The van der Waals surface area contributed by atoms with Gasteiger partial charge in [-0.2, -0.15) is 0 Å². The third-order valence-corrected chi connectivity index (χ3v) is 1.87. The summed E-state index contributed by atoms with van der Waals surface area (Å²) in [6.07, 6.45) is 1.22. The summed E-state index contributed by atoms with van der Waals surface area (Å²) < 4.78 is 5.22. The largest absolute Gasteiger partial charge is 0.443 e. The van der Waals surface area contributed by atoms with E-state index in [0.717, 1.165) is 0 Å². The summed E-state index contributed by atoms with van der Waals surface area (Å²) in [6, 6.07) is 0. The number of aliphatic hydroxyl groups excluding tert-OH is 1. The van der Waals surface area contributed by atoms with Gasteiger partial charge in [-0.3, -0.25) is 4.90 Å². The zero-order valence-corrected chi connectivity index (χ0v) is 9.41. The Morgan fingerprint density at radius 2 is 2.33 bits per heavy atom. The molecule has 5 heteroatoms. The second-order valence-electron chi connectivity index (χ2n) is 4.38. The molecule has 0 bridgehead atoms. The molecule has 0 fully saturated rings. The molecule has 1 rings (SSSR count). The van der Waals surface area contributed by atoms with Crippen LogP contribution in [0.2, 0.25) is 0 Å². The van der Waals surface area contributed by atoms with Crippen molar-refractivity contribution < 1.29 is 14.6 Å². The molecule has 1 heterocycles. The van der Waals surface area contributed by atoms with Gasteiger partial charge in [0, 0.05) is 19.3 Å². The maximum Gasteiger partial charge on any atom is 0.414 e. The number of hydrogen-bond donors (Lipinski definition) is 2. The molecule has 15 heavy (non-hydrogen) atoms. The van der Waals surface area contributed by atoms with Crippen LogP contribution in [-0.4, -0.2) is 41.4 Å². The van der Waals surface area contributed by atoms with Crippen molar-refractivity contribution in [2.45, 2.75) is 26.4 Å². The van der Waals surface area contributed by atoms with Gasteiger partial charge < -0.3 is 15.2 Å². The first kappa shape index (κ1) is 11.8. The van der Waals surface area contributed by atoms with Crippen LogP contribution in [0.3, 0.4) is 0 Å². The van der Waals surface area contributed by atoms with Crippen molar-refractivity contribution in [2.75, 3.05) is 19.7 Å². The molecule has 1 amide bonds. The molecule has 0 unspecified atom stereocenters. The first-order chi connectivity index (χ1) is 6.94. The van der Waals surface area contributed by atoms with E-state index in [9.17, 15) is 4.79 Å². The molecule has 0 aliphatic carbocycles. The molecule has 1 aliphatic heterocycles. The third-order valence-electron chi connectivity index (χ3n) is 1.87. The molecule has 0 saturated heterocycles. The molecule has 0 aromatic rings. The molecule has 5 nitrogen and oxygen atoms in total. The van der Waals surface area contributed by atoms with E-state index in [1.807, 2.05) is 20.8 Å². The number of nitrogens with zero attached hydrogens (tertiary/aromatic N) is 1. The van der Waals surface area contributed by atoms with E-state index < -0.39 is 11.7 Å². The lowest BCUT2D eigenvalue weighted by molar-refractivity contribution is 0.0284. The van der Waals surface area contributed by atoms with Crippen LogP contribution in [-0.2, 0) is 4.74 Å². The van der Waals surface area contributed by atoms with Gasteiger partial charge in [0.15, 0.2) is 0 Å². The average Bonchev–Trinajstić information content (AvgIpc) is 2.15. The Morgan fingerprint density at radius 3 is 2.87 bits per heavy atom. The van der Waals surface area contributed by atoms with Crippen molar-refractivity contribution >= 4 is 6.09 Å². The summed E-state index contributed by atoms with van der Waals surface area (Å²) in [5.41, 5.74) is 0.0261. The highest BCUT2D eigenvalue weighted by Crippen LogP contribution is 2.14. The lowest BCUT2D eigenvalue weighted by Crippen LogP contribution is -2.43. The predicted molar refractivity (Wildman–Crippen MR) is 56.1 cm³/mol. The molecule has 0 radical (unpaired) electrons. The SMILES string of the molecule is CC(C)(C)OC(=O)N1CCNC=C1CO. The highest BCUT2D eigenvalue weighted by Gasteiger charge is 2.25. The number of nitrogens with one attached hydrogen (secondary N) is 1. The second-order valence-corrected chi connectivity index (χ2v) is 4.38. The fourth-order valence-corrected chi connectivity index (χ4v) is 1.24. The monoisotopic (exact) mass is 214 g/mol. The maximum absolute atomic E-state index is 11.7. The number of amides is 1. The Labute approximate surface area is 89.7 Å². The lowest BCUT2D eigenvalue weighted by atomic mass is 10.2. The van der Waals surface area contributed by atoms with Crippen LogP contribution >= 0.6 is 0 Å². The minimum atomic E-state index is -0.511. The summed E-state index contributed by atoms with van der Waals surface area (Å²) in [7, 11) is 0. The number of hydrogen-bond acceptors (Lipinski definition) is 4. The zero-order chi connectivity index (χ0) is 11.5. The van der Waals surface area contributed by atoms with E-state index in [-0.39, 0.29) is 6.61 Å². The van der Waals surface area contributed by atoms with E-state index in [4.69, 9.17) is 9.84 Å². The van der Waals surface area contributed by atoms with Crippen LogP contribution in [0, 0.1) is 0 Å². The van der Waals surface area contributed by atoms with Gasteiger partial charge in [0.2, 0.25) is 0 Å². The Hall–Kier alpha value is -1.23. The van der Waals surface area contributed by atoms with E-state index in [1.54, 1.807) is 6.20 Å². The molecule has 86 valence electrons. The normalized spacial score (nSPS) is 16.8. The molecule has 0 saturated carbocycles. The lowest BCUT2D eigenvalue weighted by Gasteiger charge is -2.30. The Bertz CT molecular complexity index is 268. The Morgan fingerprint density at radius 1 is 1.67 bits per heavy atom. The highest BCUT2D eigenvalue weighted by atomic mass is 16.6. The zero-order valence-electron chi connectivity index (χ0n) is 9.41. The Balaban J connectivity index is 2.66. The molecule has 2 N–H and O–H groups in total. The fourth-order valence-electron chi connectivity index (χ4n) is 1.24. The quantitative estimate of drug-likeness (QED) is 0.673. The average molecular weight is 214 g/mol. The molecule has 0 aromatic heterocycles. The minimum absolute atomic E-state index is 0.174. The first-order valence-corrected chi connectivity index (χ1v) is 4.98. The van der Waals surface area contributed by atoms with Crippen molar-refractivity contribution in [3.05, 3.63) is 11.9 Å². The van der Waals surface area contributed by atoms with Gasteiger partial charge in [-0.25, -0.2) is 4.79 Å². The predicted octanol–water partition coefficient (Wildman–Crippen LogP) is 0.660. The van der Waals surface area contributed by atoms with E-state index in [1.165, 1.54) is 4.90 Å². The maximum atomic E-state index is 11.7. The van der Waals surface area contributed by atoms with Gasteiger partial charge in [-0.1, -0.05) is 0 Å². The van der Waals surface area contributed by atoms with Crippen LogP contribution in [0.4, 0.5) is 4.79 Å².